The molecule has 0 amide bonds. The second kappa shape index (κ2) is 11.1. The van der Waals surface area contributed by atoms with Gasteiger partial charge in [-0.2, -0.15) is 0 Å². The number of rotatable bonds is 9. The largest absolute Gasteiger partial charge is 0.490 e. The lowest BCUT2D eigenvalue weighted by atomic mass is 9.94. The molecule has 11 heteroatoms. The monoisotopic (exact) mass is 469 g/mol. The maximum absolute atomic E-state index is 12.7. The Morgan fingerprint density at radius 1 is 1.18 bits per heavy atom. The Hall–Kier alpha value is -4.12. The quantitative estimate of drug-likeness (QED) is 0.218. The van der Waals surface area contributed by atoms with Gasteiger partial charge in [-0.25, -0.2) is 15.6 Å². The lowest BCUT2D eigenvalue weighted by Gasteiger charge is -2.26. The van der Waals surface area contributed by atoms with Crippen LogP contribution in [0.3, 0.4) is 0 Å². The van der Waals surface area contributed by atoms with E-state index in [-0.39, 0.29) is 47.5 Å². The van der Waals surface area contributed by atoms with Gasteiger partial charge in [0.15, 0.2) is 11.5 Å². The van der Waals surface area contributed by atoms with Crippen molar-refractivity contribution in [2.24, 2.45) is 10.8 Å². The third-order valence-electron chi connectivity index (χ3n) is 4.99. The number of hydrogen-bond donors (Lipinski definition) is 3. The molecule has 2 aromatic carbocycles. The summed E-state index contributed by atoms with van der Waals surface area (Å²) in [4.78, 5) is 28.6. The third kappa shape index (κ3) is 5.44. The van der Waals surface area contributed by atoms with Crippen molar-refractivity contribution < 1.29 is 23.9 Å². The molecule has 0 fully saturated rings. The van der Waals surface area contributed by atoms with E-state index in [0.29, 0.717) is 12.3 Å². The molecule has 0 saturated heterocycles. The predicted octanol–water partition coefficient (Wildman–Crippen LogP) is 2.87. The van der Waals surface area contributed by atoms with Crippen molar-refractivity contribution >= 4 is 17.6 Å². The van der Waals surface area contributed by atoms with Gasteiger partial charge < -0.3 is 19.5 Å². The smallest absolute Gasteiger partial charge is 0.338 e. The number of carbonyl (C=O) groups is 1. The van der Waals surface area contributed by atoms with E-state index in [1.807, 2.05) is 30.3 Å². The van der Waals surface area contributed by atoms with Crippen LogP contribution in [0.15, 0.2) is 58.7 Å². The fourth-order valence-corrected chi connectivity index (χ4v) is 3.51. The number of nitrogens with zero attached hydrogens (tertiary/aromatic N) is 2. The average Bonchev–Trinajstić information content (AvgIpc) is 2.83. The summed E-state index contributed by atoms with van der Waals surface area (Å²) in [6, 6.07) is 11.1. The Kier molecular flexibility index (Phi) is 8.04. The van der Waals surface area contributed by atoms with Gasteiger partial charge in [-0.3, -0.25) is 15.5 Å². The topological polar surface area (TPSA) is 150 Å². The van der Waals surface area contributed by atoms with E-state index in [9.17, 15) is 14.9 Å². The Labute approximate surface area is 196 Å². The molecule has 0 radical (unpaired) electrons. The second-order valence-corrected chi connectivity index (χ2v) is 7.23. The van der Waals surface area contributed by atoms with Crippen molar-refractivity contribution in [2.75, 3.05) is 13.2 Å². The first-order valence-electron chi connectivity index (χ1n) is 10.7. The van der Waals surface area contributed by atoms with Crippen LogP contribution in [-0.2, 0) is 16.1 Å². The number of carbonyl (C=O) groups excluding carboxylic acids is 1. The Morgan fingerprint density at radius 3 is 2.50 bits per heavy atom. The molecular formula is C23H27N5O6. The molecule has 1 atom stereocenters. The number of nitrogens with one attached hydrogen (secondary N) is 2. The SMILES string of the molecule is CCOC(=O)C1=C(C)NC(NN)=N[C@H]1c1cc(OCC)c(OCc2ccccc2)cc1[N+](=O)[O-]. The maximum atomic E-state index is 12.7. The minimum atomic E-state index is -1.06. The first-order chi connectivity index (χ1) is 16.4. The lowest BCUT2D eigenvalue weighted by molar-refractivity contribution is -0.385. The number of allylic oxidation sites excluding steroid dienone is 1. The van der Waals surface area contributed by atoms with Crippen LogP contribution in [0.5, 0.6) is 11.5 Å². The second-order valence-electron chi connectivity index (χ2n) is 7.23. The number of ether oxygens (including phenoxy) is 3. The number of nitro benzene ring substituents is 1. The van der Waals surface area contributed by atoms with Gasteiger partial charge in [0.1, 0.15) is 12.6 Å². The molecule has 0 aromatic heterocycles. The number of esters is 1. The van der Waals surface area contributed by atoms with Crippen LogP contribution < -0.4 is 26.1 Å². The van der Waals surface area contributed by atoms with E-state index in [1.54, 1.807) is 20.8 Å². The summed E-state index contributed by atoms with van der Waals surface area (Å²) in [5.74, 6) is 5.51. The van der Waals surface area contributed by atoms with Gasteiger partial charge in [0.25, 0.3) is 5.69 Å². The number of nitrogens with two attached hydrogens (primary N) is 1. The van der Waals surface area contributed by atoms with Gasteiger partial charge in [0, 0.05) is 5.70 Å². The molecule has 11 nitrogen and oxygen atoms in total. The highest BCUT2D eigenvalue weighted by molar-refractivity contribution is 5.95. The molecule has 1 aliphatic heterocycles. The summed E-state index contributed by atoms with van der Waals surface area (Å²) in [7, 11) is 0. The van der Waals surface area contributed by atoms with Crippen molar-refractivity contribution in [2.45, 2.75) is 33.4 Å². The molecule has 1 aliphatic rings. The van der Waals surface area contributed by atoms with Crippen LogP contribution in [-0.4, -0.2) is 30.1 Å². The highest BCUT2D eigenvalue weighted by Crippen LogP contribution is 2.42. The Bertz CT molecular complexity index is 1120. The molecule has 34 heavy (non-hydrogen) atoms. The van der Waals surface area contributed by atoms with Crippen molar-refractivity contribution in [1.82, 2.24) is 10.7 Å². The van der Waals surface area contributed by atoms with Crippen LogP contribution in [0.4, 0.5) is 5.69 Å². The average molecular weight is 469 g/mol. The van der Waals surface area contributed by atoms with Gasteiger partial charge in [-0.1, -0.05) is 30.3 Å². The fourth-order valence-electron chi connectivity index (χ4n) is 3.51. The van der Waals surface area contributed by atoms with Crippen molar-refractivity contribution in [3.63, 3.8) is 0 Å². The van der Waals surface area contributed by atoms with Gasteiger partial charge in [-0.05, 0) is 32.4 Å². The van der Waals surface area contributed by atoms with Crippen LogP contribution in [0.2, 0.25) is 0 Å². The van der Waals surface area contributed by atoms with Crippen LogP contribution >= 0.6 is 0 Å². The molecule has 4 N–H and O–H groups in total. The number of hydrazine groups is 1. The zero-order valence-corrected chi connectivity index (χ0v) is 19.2. The van der Waals surface area contributed by atoms with E-state index in [1.165, 1.54) is 12.1 Å². The summed E-state index contributed by atoms with van der Waals surface area (Å²) in [6.07, 6.45) is 0. The molecule has 1 heterocycles. The molecule has 2 aromatic rings. The summed E-state index contributed by atoms with van der Waals surface area (Å²) < 4.78 is 16.8. The van der Waals surface area contributed by atoms with E-state index in [2.05, 4.69) is 15.7 Å². The van der Waals surface area contributed by atoms with Crippen molar-refractivity contribution in [3.8, 4) is 11.5 Å². The summed E-state index contributed by atoms with van der Waals surface area (Å²) >= 11 is 0. The highest BCUT2D eigenvalue weighted by atomic mass is 16.6. The van der Waals surface area contributed by atoms with E-state index >= 15 is 0 Å². The maximum Gasteiger partial charge on any atom is 0.338 e. The first-order valence-corrected chi connectivity index (χ1v) is 10.7. The Morgan fingerprint density at radius 2 is 1.88 bits per heavy atom. The minimum absolute atomic E-state index is 0.129. The van der Waals surface area contributed by atoms with E-state index in [4.69, 9.17) is 20.1 Å². The molecule has 180 valence electrons. The van der Waals surface area contributed by atoms with E-state index in [0.717, 1.165) is 5.56 Å². The summed E-state index contributed by atoms with van der Waals surface area (Å²) in [6.45, 7) is 5.71. The zero-order valence-electron chi connectivity index (χ0n) is 19.2. The number of benzene rings is 2. The molecule has 3 rings (SSSR count). The number of guanidine groups is 1. The molecular weight excluding hydrogens is 442 g/mol. The predicted molar refractivity (Wildman–Crippen MR) is 125 cm³/mol. The summed E-state index contributed by atoms with van der Waals surface area (Å²) in [5.41, 5.74) is 3.67. The molecule has 0 spiro atoms. The van der Waals surface area contributed by atoms with Gasteiger partial charge >= 0.3 is 5.97 Å². The van der Waals surface area contributed by atoms with Gasteiger partial charge in [0.05, 0.1) is 35.3 Å². The molecule has 0 bridgehead atoms. The number of hydrogen-bond acceptors (Lipinski definition) is 10. The van der Waals surface area contributed by atoms with Crippen LogP contribution in [0, 0.1) is 10.1 Å². The molecule has 0 saturated carbocycles. The standard InChI is InChI=1S/C23H27N5O6/c1-4-32-18-11-16(21-20(22(29)33-5-2)14(3)25-23(26-21)27-24)17(28(30)31)12-19(18)34-13-15-9-7-6-8-10-15/h6-12,21H,4-5,13,24H2,1-3H3,(H2,25,26,27)/t21-/m0/s1. The van der Waals surface area contributed by atoms with Crippen LogP contribution in [0.25, 0.3) is 0 Å². The van der Waals surface area contributed by atoms with Crippen molar-refractivity contribution in [1.29, 1.82) is 0 Å². The third-order valence-corrected chi connectivity index (χ3v) is 4.99. The first kappa shape index (κ1) is 24.5. The number of nitro groups is 1. The van der Waals surface area contributed by atoms with Crippen LogP contribution in [0.1, 0.15) is 37.9 Å². The lowest BCUT2D eigenvalue weighted by Crippen LogP contribution is -2.44. The van der Waals surface area contributed by atoms with Crippen molar-refractivity contribution in [3.05, 3.63) is 75.0 Å². The highest BCUT2D eigenvalue weighted by Gasteiger charge is 2.36. The zero-order chi connectivity index (χ0) is 24.7. The molecule has 0 aliphatic carbocycles. The summed E-state index contributed by atoms with van der Waals surface area (Å²) in [5, 5.41) is 14.9. The fraction of sp³-hybridized carbons (Fsp3) is 0.304. The van der Waals surface area contributed by atoms with Gasteiger partial charge in [0.2, 0.25) is 5.96 Å². The van der Waals surface area contributed by atoms with Gasteiger partial charge in [-0.15, -0.1) is 0 Å². The normalized spacial score (nSPS) is 15.2. The molecule has 0 unspecified atom stereocenters. The Balaban J connectivity index is 2.11. The minimum Gasteiger partial charge on any atom is -0.490 e. The van der Waals surface area contributed by atoms with E-state index < -0.39 is 16.9 Å². The number of aliphatic imine (C=N–C) groups is 1.